The molecule has 1 N–H and O–H groups in total. The van der Waals surface area contributed by atoms with E-state index in [2.05, 4.69) is 21.2 Å². The Morgan fingerprint density at radius 3 is 2.72 bits per heavy atom. The minimum atomic E-state index is -0.0775. The van der Waals surface area contributed by atoms with Crippen molar-refractivity contribution in [1.29, 1.82) is 0 Å². The molecule has 0 heterocycles. The van der Waals surface area contributed by atoms with E-state index >= 15 is 0 Å². The summed E-state index contributed by atoms with van der Waals surface area (Å²) in [5.74, 6) is -0.0173. The Hall–Kier alpha value is -0.540. The number of carbonyl (C=O) groups excluding carboxylic acids is 1. The van der Waals surface area contributed by atoms with E-state index in [0.29, 0.717) is 10.6 Å². The molecule has 0 aliphatic heterocycles. The topological polar surface area (TPSA) is 29.1 Å². The first kappa shape index (κ1) is 13.9. The molecule has 0 bridgehead atoms. The van der Waals surface area contributed by atoms with Crippen LogP contribution in [0.15, 0.2) is 18.2 Å². The average molecular weight is 331 g/mol. The van der Waals surface area contributed by atoms with Crippen molar-refractivity contribution in [3.8, 4) is 0 Å². The SMILES string of the molecule is Cc1c(Cl)cccc1C(=O)NC1(CBr)CCCC1. The van der Waals surface area contributed by atoms with Gasteiger partial charge in [0.05, 0.1) is 5.54 Å². The fraction of sp³-hybridized carbons (Fsp3) is 0.500. The van der Waals surface area contributed by atoms with Crippen molar-refractivity contribution in [2.75, 3.05) is 5.33 Å². The van der Waals surface area contributed by atoms with E-state index < -0.39 is 0 Å². The number of rotatable bonds is 3. The van der Waals surface area contributed by atoms with Gasteiger partial charge in [0.15, 0.2) is 0 Å². The van der Waals surface area contributed by atoms with Gasteiger partial charge < -0.3 is 5.32 Å². The van der Waals surface area contributed by atoms with Crippen LogP contribution in [-0.4, -0.2) is 16.8 Å². The van der Waals surface area contributed by atoms with Gasteiger partial charge in [0.25, 0.3) is 5.91 Å². The molecule has 0 radical (unpaired) electrons. The quantitative estimate of drug-likeness (QED) is 0.831. The third kappa shape index (κ3) is 2.72. The molecule has 98 valence electrons. The van der Waals surface area contributed by atoms with Crippen molar-refractivity contribution in [2.24, 2.45) is 0 Å². The maximum Gasteiger partial charge on any atom is 0.252 e. The average Bonchev–Trinajstić information content (AvgIpc) is 2.81. The first-order chi connectivity index (χ1) is 8.58. The fourth-order valence-electron chi connectivity index (χ4n) is 2.51. The molecule has 0 unspecified atom stereocenters. The molecule has 2 nitrogen and oxygen atoms in total. The minimum Gasteiger partial charge on any atom is -0.346 e. The van der Waals surface area contributed by atoms with Crippen LogP contribution in [-0.2, 0) is 0 Å². The normalized spacial score (nSPS) is 17.7. The van der Waals surface area contributed by atoms with Crippen LogP contribution >= 0.6 is 27.5 Å². The standard InChI is InChI=1S/C14H17BrClNO/c1-10-11(5-4-6-12(10)16)13(18)17-14(9-15)7-2-3-8-14/h4-6H,2-3,7-9H2,1H3,(H,17,18). The van der Waals surface area contributed by atoms with Crippen LogP contribution in [0.4, 0.5) is 0 Å². The van der Waals surface area contributed by atoms with Crippen molar-refractivity contribution in [3.63, 3.8) is 0 Å². The fourth-order valence-corrected chi connectivity index (χ4v) is 3.38. The lowest BCUT2D eigenvalue weighted by atomic mass is 9.99. The summed E-state index contributed by atoms with van der Waals surface area (Å²) in [7, 11) is 0. The summed E-state index contributed by atoms with van der Waals surface area (Å²) in [4.78, 5) is 12.3. The van der Waals surface area contributed by atoms with Crippen LogP contribution in [0.3, 0.4) is 0 Å². The second-order valence-electron chi connectivity index (χ2n) is 4.99. The molecule has 1 aromatic rings. The molecule has 1 aliphatic rings. The highest BCUT2D eigenvalue weighted by Gasteiger charge is 2.34. The summed E-state index contributed by atoms with van der Waals surface area (Å²) in [6, 6.07) is 5.45. The summed E-state index contributed by atoms with van der Waals surface area (Å²) in [6.07, 6.45) is 4.45. The van der Waals surface area contributed by atoms with Crippen molar-refractivity contribution < 1.29 is 4.79 Å². The molecular formula is C14H17BrClNO. The maximum atomic E-state index is 12.3. The van der Waals surface area contributed by atoms with Crippen molar-refractivity contribution in [2.45, 2.75) is 38.1 Å². The van der Waals surface area contributed by atoms with Crippen molar-refractivity contribution in [1.82, 2.24) is 5.32 Å². The number of benzene rings is 1. The molecule has 0 atom stereocenters. The van der Waals surface area contributed by atoms with Gasteiger partial charge in [-0.3, -0.25) is 4.79 Å². The van der Waals surface area contributed by atoms with Gasteiger partial charge in [-0.25, -0.2) is 0 Å². The Bertz CT molecular complexity index is 455. The van der Waals surface area contributed by atoms with Gasteiger partial charge >= 0.3 is 0 Å². The van der Waals surface area contributed by atoms with E-state index in [9.17, 15) is 4.79 Å². The van der Waals surface area contributed by atoms with E-state index in [1.807, 2.05) is 25.1 Å². The minimum absolute atomic E-state index is 0.0173. The smallest absolute Gasteiger partial charge is 0.252 e. The monoisotopic (exact) mass is 329 g/mol. The second-order valence-corrected chi connectivity index (χ2v) is 5.96. The van der Waals surface area contributed by atoms with Crippen molar-refractivity contribution >= 4 is 33.4 Å². The first-order valence-corrected chi connectivity index (χ1v) is 7.71. The molecule has 1 amide bonds. The van der Waals surface area contributed by atoms with E-state index in [1.165, 1.54) is 12.8 Å². The molecule has 2 rings (SSSR count). The molecule has 1 aromatic carbocycles. The highest BCUT2D eigenvalue weighted by Crippen LogP contribution is 2.32. The van der Waals surface area contributed by atoms with Crippen LogP contribution in [0.25, 0.3) is 0 Å². The summed E-state index contributed by atoms with van der Waals surface area (Å²) < 4.78 is 0. The van der Waals surface area contributed by atoms with Gasteiger partial charge in [-0.1, -0.05) is 46.4 Å². The predicted octanol–water partition coefficient (Wildman–Crippen LogP) is 4.09. The molecule has 18 heavy (non-hydrogen) atoms. The lowest BCUT2D eigenvalue weighted by Crippen LogP contribution is -2.47. The Morgan fingerprint density at radius 2 is 2.11 bits per heavy atom. The maximum absolute atomic E-state index is 12.3. The second kappa shape index (κ2) is 5.62. The molecule has 1 fully saturated rings. The van der Waals surface area contributed by atoms with Crippen LogP contribution < -0.4 is 5.32 Å². The number of halogens is 2. The number of carbonyl (C=O) groups is 1. The summed E-state index contributed by atoms with van der Waals surface area (Å²) >= 11 is 9.58. The van der Waals surface area contributed by atoms with Gasteiger partial charge in [0.1, 0.15) is 0 Å². The highest BCUT2D eigenvalue weighted by molar-refractivity contribution is 9.09. The van der Waals surface area contributed by atoms with Crippen LogP contribution in [0.1, 0.15) is 41.6 Å². The number of hydrogen-bond acceptors (Lipinski definition) is 1. The van der Waals surface area contributed by atoms with E-state index in [1.54, 1.807) is 0 Å². The van der Waals surface area contributed by atoms with Crippen LogP contribution in [0.5, 0.6) is 0 Å². The Balaban J connectivity index is 2.19. The number of amides is 1. The predicted molar refractivity (Wildman–Crippen MR) is 78.6 cm³/mol. The molecule has 4 heteroatoms. The molecule has 1 aliphatic carbocycles. The summed E-state index contributed by atoms with van der Waals surface area (Å²) in [5, 5.41) is 4.63. The molecule has 0 spiro atoms. The highest BCUT2D eigenvalue weighted by atomic mass is 79.9. The Morgan fingerprint density at radius 1 is 1.44 bits per heavy atom. The number of alkyl halides is 1. The van der Waals surface area contributed by atoms with E-state index in [4.69, 9.17) is 11.6 Å². The third-order valence-corrected chi connectivity index (χ3v) is 5.19. The number of hydrogen-bond donors (Lipinski definition) is 1. The zero-order valence-corrected chi connectivity index (χ0v) is 12.8. The number of nitrogens with one attached hydrogen (secondary N) is 1. The lowest BCUT2D eigenvalue weighted by molar-refractivity contribution is 0.0910. The molecule has 0 saturated heterocycles. The zero-order chi connectivity index (χ0) is 13.2. The van der Waals surface area contributed by atoms with Gasteiger partial charge in [0, 0.05) is 15.9 Å². The first-order valence-electron chi connectivity index (χ1n) is 6.22. The Labute approximate surface area is 121 Å². The summed E-state index contributed by atoms with van der Waals surface area (Å²) in [5.41, 5.74) is 1.44. The third-order valence-electron chi connectivity index (χ3n) is 3.71. The molecule has 0 aromatic heterocycles. The van der Waals surface area contributed by atoms with Crippen molar-refractivity contribution in [3.05, 3.63) is 34.3 Å². The summed E-state index contributed by atoms with van der Waals surface area (Å²) in [6.45, 7) is 1.88. The largest absolute Gasteiger partial charge is 0.346 e. The van der Waals surface area contributed by atoms with Gasteiger partial charge in [0.2, 0.25) is 0 Å². The zero-order valence-electron chi connectivity index (χ0n) is 10.4. The van der Waals surface area contributed by atoms with Gasteiger partial charge in [-0.2, -0.15) is 0 Å². The van der Waals surface area contributed by atoms with Gasteiger partial charge in [-0.05, 0) is 37.5 Å². The molecule has 1 saturated carbocycles. The van der Waals surface area contributed by atoms with Crippen LogP contribution in [0, 0.1) is 6.92 Å². The Kier molecular flexibility index (Phi) is 4.33. The van der Waals surface area contributed by atoms with E-state index in [0.717, 1.165) is 23.7 Å². The van der Waals surface area contributed by atoms with E-state index in [-0.39, 0.29) is 11.4 Å². The van der Waals surface area contributed by atoms with Gasteiger partial charge in [-0.15, -0.1) is 0 Å². The molecular weight excluding hydrogens is 314 g/mol. The lowest BCUT2D eigenvalue weighted by Gasteiger charge is -2.28. The van der Waals surface area contributed by atoms with Crippen LogP contribution in [0.2, 0.25) is 5.02 Å².